The number of aromatic nitrogens is 2. The van der Waals surface area contributed by atoms with Crippen molar-refractivity contribution in [1.29, 1.82) is 0 Å². The van der Waals surface area contributed by atoms with Crippen molar-refractivity contribution in [1.82, 2.24) is 10.2 Å². The van der Waals surface area contributed by atoms with Crippen molar-refractivity contribution in [3.63, 3.8) is 0 Å². The second kappa shape index (κ2) is 7.20. The van der Waals surface area contributed by atoms with Gasteiger partial charge in [0.15, 0.2) is 0 Å². The molecule has 0 saturated carbocycles. The molecule has 1 N–H and O–H groups in total. The predicted molar refractivity (Wildman–Crippen MR) is 102 cm³/mol. The van der Waals surface area contributed by atoms with Crippen LogP contribution in [0.25, 0.3) is 21.5 Å². The molecule has 4 rings (SSSR count). The largest absolute Gasteiger partial charge is 0.497 e. The molecule has 0 aliphatic heterocycles. The van der Waals surface area contributed by atoms with Gasteiger partial charge in [0.2, 0.25) is 5.13 Å². The van der Waals surface area contributed by atoms with Gasteiger partial charge in [-0.25, -0.2) is 9.18 Å². The Bertz CT molecular complexity index is 1230. The molecule has 0 radical (unpaired) electrons. The number of rotatable bonds is 4. The first-order valence-electron chi connectivity index (χ1n) is 8.06. The maximum absolute atomic E-state index is 13.0. The molecule has 140 valence electrons. The number of methoxy groups -OCH3 is 1. The number of anilines is 1. The number of ether oxygens (including phenoxy) is 1. The summed E-state index contributed by atoms with van der Waals surface area (Å²) in [6.45, 7) is 0. The van der Waals surface area contributed by atoms with Crippen molar-refractivity contribution in [3.05, 3.63) is 70.3 Å². The summed E-state index contributed by atoms with van der Waals surface area (Å²) in [4.78, 5) is 24.5. The molecule has 0 saturated heterocycles. The number of amides is 1. The van der Waals surface area contributed by atoms with Gasteiger partial charge in [-0.1, -0.05) is 11.3 Å². The van der Waals surface area contributed by atoms with Crippen LogP contribution in [0.5, 0.6) is 5.75 Å². The zero-order valence-corrected chi connectivity index (χ0v) is 15.2. The molecule has 2 heterocycles. The third-order valence-electron chi connectivity index (χ3n) is 3.93. The molecule has 7 nitrogen and oxygen atoms in total. The molecule has 0 fully saturated rings. The number of carbonyl (C=O) groups excluding carboxylic acids is 1. The number of benzene rings is 2. The zero-order valence-electron chi connectivity index (χ0n) is 14.4. The average molecular weight is 397 g/mol. The summed E-state index contributed by atoms with van der Waals surface area (Å²) < 4.78 is 23.3. The lowest BCUT2D eigenvalue weighted by atomic mass is 10.1. The smallest absolute Gasteiger partial charge is 0.337 e. The van der Waals surface area contributed by atoms with Crippen molar-refractivity contribution in [2.45, 2.75) is 0 Å². The first-order chi connectivity index (χ1) is 13.5. The lowest BCUT2D eigenvalue weighted by Crippen LogP contribution is -2.15. The summed E-state index contributed by atoms with van der Waals surface area (Å²) in [5, 5.41) is 11.8. The highest BCUT2D eigenvalue weighted by Gasteiger charge is 2.16. The zero-order chi connectivity index (χ0) is 19.7. The number of nitrogens with one attached hydrogen (secondary N) is 1. The monoisotopic (exact) mass is 397 g/mol. The Hall–Kier alpha value is -3.59. The van der Waals surface area contributed by atoms with Crippen LogP contribution in [0.3, 0.4) is 0 Å². The molecule has 28 heavy (non-hydrogen) atoms. The Balaban J connectivity index is 1.64. The Morgan fingerprint density at radius 3 is 2.68 bits per heavy atom. The van der Waals surface area contributed by atoms with E-state index in [2.05, 4.69) is 15.5 Å². The van der Waals surface area contributed by atoms with E-state index in [4.69, 9.17) is 9.15 Å². The molecule has 9 heteroatoms. The third kappa shape index (κ3) is 3.47. The Morgan fingerprint density at radius 1 is 1.14 bits per heavy atom. The van der Waals surface area contributed by atoms with Gasteiger partial charge in [0.1, 0.15) is 22.2 Å². The maximum atomic E-state index is 13.0. The average Bonchev–Trinajstić information content (AvgIpc) is 3.15. The van der Waals surface area contributed by atoms with Crippen molar-refractivity contribution in [2.75, 3.05) is 12.4 Å². The molecular weight excluding hydrogens is 385 g/mol. The Labute approximate surface area is 161 Å². The van der Waals surface area contributed by atoms with Gasteiger partial charge < -0.3 is 9.15 Å². The molecule has 1 amide bonds. The van der Waals surface area contributed by atoms with E-state index in [1.165, 1.54) is 25.3 Å². The van der Waals surface area contributed by atoms with E-state index in [-0.39, 0.29) is 22.1 Å². The summed E-state index contributed by atoms with van der Waals surface area (Å²) in [5.41, 5.74) is 0.404. The van der Waals surface area contributed by atoms with E-state index < -0.39 is 11.5 Å². The standard InChI is InChI=1S/C19H12FN3O4S/c1-26-12-6-7-13-14(9-16(24)27-15(13)8-12)17(25)21-19-23-22-18(28-19)10-2-4-11(20)5-3-10/h2-9H,1H3,(H,21,23,25). The molecule has 0 atom stereocenters. The molecule has 0 spiro atoms. The quantitative estimate of drug-likeness (QED) is 0.528. The first-order valence-corrected chi connectivity index (χ1v) is 8.88. The maximum Gasteiger partial charge on any atom is 0.337 e. The second-order valence-corrected chi connectivity index (χ2v) is 6.69. The van der Waals surface area contributed by atoms with Crippen LogP contribution in [0, 0.1) is 5.82 Å². The van der Waals surface area contributed by atoms with E-state index in [0.717, 1.165) is 17.4 Å². The molecule has 0 aliphatic carbocycles. The van der Waals surface area contributed by atoms with Crippen LogP contribution in [0.15, 0.2) is 57.7 Å². The van der Waals surface area contributed by atoms with Gasteiger partial charge in [-0.3, -0.25) is 10.1 Å². The van der Waals surface area contributed by atoms with Crippen molar-refractivity contribution >= 4 is 33.3 Å². The summed E-state index contributed by atoms with van der Waals surface area (Å²) in [6, 6.07) is 11.7. The summed E-state index contributed by atoms with van der Waals surface area (Å²) in [5.74, 6) is -0.376. The Morgan fingerprint density at radius 2 is 1.93 bits per heavy atom. The molecule has 0 aliphatic rings. The fourth-order valence-electron chi connectivity index (χ4n) is 2.61. The topological polar surface area (TPSA) is 94.3 Å². The molecule has 2 aromatic carbocycles. The van der Waals surface area contributed by atoms with Gasteiger partial charge in [-0.2, -0.15) is 0 Å². The van der Waals surface area contributed by atoms with Gasteiger partial charge >= 0.3 is 5.63 Å². The van der Waals surface area contributed by atoms with Crippen LogP contribution in [0.1, 0.15) is 10.4 Å². The minimum Gasteiger partial charge on any atom is -0.497 e. The summed E-state index contributed by atoms with van der Waals surface area (Å²) in [7, 11) is 1.49. The molecule has 2 aromatic heterocycles. The Kier molecular flexibility index (Phi) is 4.58. The SMILES string of the molecule is COc1ccc2c(C(=O)Nc3nnc(-c4ccc(F)cc4)s3)cc(=O)oc2c1. The number of nitrogens with zero attached hydrogens (tertiary/aromatic N) is 2. The van der Waals surface area contributed by atoms with Crippen LogP contribution in [0.4, 0.5) is 9.52 Å². The number of carbonyl (C=O) groups is 1. The van der Waals surface area contributed by atoms with Gasteiger partial charge in [0, 0.05) is 23.1 Å². The van der Waals surface area contributed by atoms with Crippen molar-refractivity contribution in [3.8, 4) is 16.3 Å². The fourth-order valence-corrected chi connectivity index (χ4v) is 3.35. The molecule has 0 unspecified atom stereocenters. The number of hydrogen-bond acceptors (Lipinski definition) is 7. The van der Waals surface area contributed by atoms with Crippen LogP contribution in [-0.4, -0.2) is 23.2 Å². The van der Waals surface area contributed by atoms with E-state index in [1.807, 2.05) is 0 Å². The lowest BCUT2D eigenvalue weighted by molar-refractivity contribution is 0.102. The van der Waals surface area contributed by atoms with Crippen LogP contribution >= 0.6 is 11.3 Å². The summed E-state index contributed by atoms with van der Waals surface area (Å²) in [6.07, 6.45) is 0. The fraction of sp³-hybridized carbons (Fsp3) is 0.0526. The van der Waals surface area contributed by atoms with Gasteiger partial charge in [-0.15, -0.1) is 10.2 Å². The van der Waals surface area contributed by atoms with Gasteiger partial charge in [-0.05, 0) is 36.4 Å². The van der Waals surface area contributed by atoms with Gasteiger partial charge in [0.05, 0.1) is 12.7 Å². The minimum atomic E-state index is -0.657. The number of hydrogen-bond donors (Lipinski definition) is 1. The predicted octanol–water partition coefficient (Wildman–Crippen LogP) is 3.71. The highest BCUT2D eigenvalue weighted by molar-refractivity contribution is 7.18. The lowest BCUT2D eigenvalue weighted by Gasteiger charge is -2.06. The van der Waals surface area contributed by atoms with E-state index in [1.54, 1.807) is 24.3 Å². The van der Waals surface area contributed by atoms with Crippen molar-refractivity contribution in [2.24, 2.45) is 0 Å². The highest BCUT2D eigenvalue weighted by Crippen LogP contribution is 2.28. The van der Waals surface area contributed by atoms with E-state index in [9.17, 15) is 14.0 Å². The first kappa shape index (κ1) is 17.8. The van der Waals surface area contributed by atoms with E-state index in [0.29, 0.717) is 21.7 Å². The molecule has 4 aromatic rings. The normalized spacial score (nSPS) is 10.8. The number of halogens is 1. The molecular formula is C19H12FN3O4S. The summed E-state index contributed by atoms with van der Waals surface area (Å²) >= 11 is 1.13. The van der Waals surface area contributed by atoms with Crippen LogP contribution in [0.2, 0.25) is 0 Å². The van der Waals surface area contributed by atoms with Crippen LogP contribution < -0.4 is 15.7 Å². The van der Waals surface area contributed by atoms with E-state index >= 15 is 0 Å². The van der Waals surface area contributed by atoms with Crippen LogP contribution in [-0.2, 0) is 0 Å². The van der Waals surface area contributed by atoms with Crippen molar-refractivity contribution < 1.29 is 18.3 Å². The number of fused-ring (bicyclic) bond motifs is 1. The second-order valence-electron chi connectivity index (χ2n) is 5.71. The minimum absolute atomic E-state index is 0.146. The third-order valence-corrected chi connectivity index (χ3v) is 4.82. The molecule has 0 bridgehead atoms. The highest BCUT2D eigenvalue weighted by atomic mass is 32.1. The van der Waals surface area contributed by atoms with Gasteiger partial charge in [0.25, 0.3) is 5.91 Å².